The molecule has 4 nitrogen and oxygen atoms in total. The van der Waals surface area contributed by atoms with Gasteiger partial charge >= 0.3 is 0 Å². The van der Waals surface area contributed by atoms with Gasteiger partial charge in [0, 0.05) is 18.3 Å². The molecule has 0 aliphatic heterocycles. The fourth-order valence-corrected chi connectivity index (χ4v) is 3.25. The Kier molecular flexibility index (Phi) is 12.1. The Morgan fingerprint density at radius 2 is 1.70 bits per heavy atom. The molecule has 0 bridgehead atoms. The van der Waals surface area contributed by atoms with Gasteiger partial charge in [0.1, 0.15) is 12.6 Å². The van der Waals surface area contributed by atoms with Gasteiger partial charge in [0.25, 0.3) is 0 Å². The number of carbonyl (C=O) groups excluding carboxylic acids is 1. The van der Waals surface area contributed by atoms with Crippen LogP contribution < -0.4 is 5.11 Å². The number of hydrogen-bond acceptors (Lipinski definition) is 3. The molecule has 136 valence electrons. The van der Waals surface area contributed by atoms with Crippen LogP contribution in [0.5, 0.6) is 0 Å². The number of aliphatic carboxylic acids is 1. The second-order valence-corrected chi connectivity index (χ2v) is 6.81. The van der Waals surface area contributed by atoms with E-state index in [2.05, 4.69) is 32.9 Å². The summed E-state index contributed by atoms with van der Waals surface area (Å²) < 4.78 is 0.823. The molecule has 2 unspecified atom stereocenters. The number of rotatable bonds is 14. The number of aliphatic hydroxyl groups excluding tert-OH is 1. The van der Waals surface area contributed by atoms with Crippen LogP contribution in [0.4, 0.5) is 0 Å². The van der Waals surface area contributed by atoms with E-state index in [0.29, 0.717) is 6.42 Å². The van der Waals surface area contributed by atoms with E-state index in [1.165, 1.54) is 0 Å². The van der Waals surface area contributed by atoms with Gasteiger partial charge in [0.2, 0.25) is 0 Å². The number of hydrogen-bond donors (Lipinski definition) is 1. The molecule has 0 saturated carbocycles. The van der Waals surface area contributed by atoms with E-state index in [4.69, 9.17) is 0 Å². The largest absolute Gasteiger partial charge is 0.550 e. The lowest BCUT2D eigenvalue weighted by Crippen LogP contribution is -2.54. The summed E-state index contributed by atoms with van der Waals surface area (Å²) in [6.45, 7) is 11.6. The highest BCUT2D eigenvalue weighted by atomic mass is 16.4. The first-order chi connectivity index (χ1) is 10.9. The highest BCUT2D eigenvalue weighted by Gasteiger charge is 2.29. The Morgan fingerprint density at radius 1 is 1.09 bits per heavy atom. The molecular formula is C19H37NO3. The van der Waals surface area contributed by atoms with Gasteiger partial charge in [0.05, 0.1) is 19.6 Å². The molecule has 0 heterocycles. The summed E-state index contributed by atoms with van der Waals surface area (Å²) in [7, 11) is 0. The molecule has 0 spiro atoms. The van der Waals surface area contributed by atoms with E-state index in [1.54, 1.807) is 6.92 Å². The number of allylic oxidation sites excluding steroid dienone is 2. The summed E-state index contributed by atoms with van der Waals surface area (Å²) in [6.07, 6.45) is 9.36. The summed E-state index contributed by atoms with van der Waals surface area (Å²) in [4.78, 5) is 11.0. The summed E-state index contributed by atoms with van der Waals surface area (Å²) in [5, 5.41) is 21.4. The number of quaternary nitrogens is 1. The smallest absolute Gasteiger partial charge is 0.105 e. The number of carbonyl (C=O) groups is 1. The fourth-order valence-electron chi connectivity index (χ4n) is 3.25. The van der Waals surface area contributed by atoms with E-state index >= 15 is 0 Å². The van der Waals surface area contributed by atoms with Crippen LogP contribution in [0, 0.1) is 5.92 Å². The lowest BCUT2D eigenvalue weighted by atomic mass is 10.0. The van der Waals surface area contributed by atoms with Gasteiger partial charge in [-0.25, -0.2) is 0 Å². The van der Waals surface area contributed by atoms with E-state index in [0.717, 1.165) is 62.8 Å². The van der Waals surface area contributed by atoms with Crippen molar-refractivity contribution in [2.24, 2.45) is 5.92 Å². The molecule has 0 aromatic carbocycles. The molecule has 2 atom stereocenters. The molecule has 23 heavy (non-hydrogen) atoms. The molecule has 0 saturated heterocycles. The van der Waals surface area contributed by atoms with Gasteiger partial charge in [-0.05, 0) is 32.1 Å². The molecule has 0 fully saturated rings. The van der Waals surface area contributed by atoms with Crippen molar-refractivity contribution in [2.75, 3.05) is 26.2 Å². The maximum atomic E-state index is 11.0. The van der Waals surface area contributed by atoms with Crippen molar-refractivity contribution in [3.63, 3.8) is 0 Å². The van der Waals surface area contributed by atoms with Crippen molar-refractivity contribution in [3.8, 4) is 0 Å². The molecular weight excluding hydrogens is 290 g/mol. The minimum Gasteiger partial charge on any atom is -0.550 e. The number of aliphatic hydroxyl groups is 1. The predicted octanol–water partition coefficient (Wildman–Crippen LogP) is 2.51. The Hall–Kier alpha value is -0.870. The fraction of sp³-hybridized carbons (Fsp3) is 0.842. The third kappa shape index (κ3) is 9.77. The zero-order chi connectivity index (χ0) is 17.7. The highest BCUT2D eigenvalue weighted by molar-refractivity contribution is 5.66. The Balaban J connectivity index is 4.74. The first kappa shape index (κ1) is 22.1. The second-order valence-electron chi connectivity index (χ2n) is 6.81. The van der Waals surface area contributed by atoms with Crippen molar-refractivity contribution >= 4 is 5.97 Å². The number of carboxylic acid groups (broad SMARTS) is 1. The SMILES string of the molecule is CC/C=C/CCC(O)C[N+](CCC)(CCC)CCC(C)C(=O)[O-]. The van der Waals surface area contributed by atoms with Gasteiger partial charge in [-0.3, -0.25) is 0 Å². The molecule has 0 aliphatic carbocycles. The Labute approximate surface area is 142 Å². The van der Waals surface area contributed by atoms with Gasteiger partial charge < -0.3 is 19.5 Å². The lowest BCUT2D eigenvalue weighted by Gasteiger charge is -2.41. The predicted molar refractivity (Wildman–Crippen MR) is 93.8 cm³/mol. The van der Waals surface area contributed by atoms with Crippen LogP contribution in [-0.2, 0) is 4.79 Å². The van der Waals surface area contributed by atoms with Crippen LogP contribution in [0.2, 0.25) is 0 Å². The normalized spacial score (nSPS) is 15.0. The van der Waals surface area contributed by atoms with Gasteiger partial charge in [-0.2, -0.15) is 0 Å². The quantitative estimate of drug-likeness (QED) is 0.394. The standard InChI is InChI=1S/C19H37NO3/c1-5-8-9-10-11-18(21)16-20(13-6-2,14-7-3)15-12-17(4)19(22)23/h8-9,17-18,21H,5-7,10-16H2,1-4H3/b9-8+. The maximum Gasteiger partial charge on any atom is 0.105 e. The molecule has 0 aromatic heterocycles. The maximum absolute atomic E-state index is 11.0. The minimum absolute atomic E-state index is 0.326. The Morgan fingerprint density at radius 3 is 2.17 bits per heavy atom. The van der Waals surface area contributed by atoms with Gasteiger partial charge in [0.15, 0.2) is 0 Å². The van der Waals surface area contributed by atoms with Gasteiger partial charge in [-0.1, -0.05) is 39.8 Å². The van der Waals surface area contributed by atoms with Crippen LogP contribution in [0.3, 0.4) is 0 Å². The second kappa shape index (κ2) is 12.5. The van der Waals surface area contributed by atoms with E-state index in [9.17, 15) is 15.0 Å². The lowest BCUT2D eigenvalue weighted by molar-refractivity contribution is -0.931. The third-order valence-corrected chi connectivity index (χ3v) is 4.50. The highest BCUT2D eigenvalue weighted by Crippen LogP contribution is 2.17. The molecule has 4 heteroatoms. The zero-order valence-corrected chi connectivity index (χ0v) is 15.6. The number of nitrogens with zero attached hydrogens (tertiary/aromatic N) is 1. The first-order valence-corrected chi connectivity index (χ1v) is 9.29. The summed E-state index contributed by atoms with van der Waals surface area (Å²) in [5.74, 6) is -1.40. The van der Waals surface area contributed by atoms with Gasteiger partial charge in [-0.15, -0.1) is 0 Å². The molecule has 0 aliphatic rings. The van der Waals surface area contributed by atoms with Crippen molar-refractivity contribution < 1.29 is 19.5 Å². The summed E-state index contributed by atoms with van der Waals surface area (Å²) in [6, 6.07) is 0. The van der Waals surface area contributed by atoms with Crippen LogP contribution >= 0.6 is 0 Å². The van der Waals surface area contributed by atoms with Crippen molar-refractivity contribution in [2.45, 2.75) is 72.3 Å². The van der Waals surface area contributed by atoms with Crippen LogP contribution in [0.25, 0.3) is 0 Å². The van der Waals surface area contributed by atoms with Crippen LogP contribution in [0.1, 0.15) is 66.2 Å². The zero-order valence-electron chi connectivity index (χ0n) is 15.6. The van der Waals surface area contributed by atoms with Crippen molar-refractivity contribution in [1.82, 2.24) is 0 Å². The topological polar surface area (TPSA) is 60.4 Å². The van der Waals surface area contributed by atoms with E-state index in [-0.39, 0.29) is 6.10 Å². The van der Waals surface area contributed by atoms with Crippen molar-refractivity contribution in [3.05, 3.63) is 12.2 Å². The third-order valence-electron chi connectivity index (χ3n) is 4.50. The number of carboxylic acids is 1. The average Bonchev–Trinajstić information content (AvgIpc) is 2.49. The Bertz CT molecular complexity index is 336. The van der Waals surface area contributed by atoms with E-state index in [1.807, 2.05) is 0 Å². The van der Waals surface area contributed by atoms with Crippen LogP contribution in [-0.4, -0.2) is 47.8 Å². The molecule has 0 amide bonds. The summed E-state index contributed by atoms with van der Waals surface area (Å²) in [5.41, 5.74) is 0. The summed E-state index contributed by atoms with van der Waals surface area (Å²) >= 11 is 0. The average molecular weight is 328 g/mol. The molecule has 0 radical (unpaired) electrons. The minimum atomic E-state index is -0.971. The monoisotopic (exact) mass is 327 g/mol. The molecule has 0 rings (SSSR count). The molecule has 1 N–H and O–H groups in total. The molecule has 0 aromatic rings. The van der Waals surface area contributed by atoms with E-state index < -0.39 is 11.9 Å². The first-order valence-electron chi connectivity index (χ1n) is 9.29. The van der Waals surface area contributed by atoms with Crippen molar-refractivity contribution in [1.29, 1.82) is 0 Å². The van der Waals surface area contributed by atoms with Crippen LogP contribution in [0.15, 0.2) is 12.2 Å².